The highest BCUT2D eigenvalue weighted by Crippen LogP contribution is 2.40. The summed E-state index contributed by atoms with van der Waals surface area (Å²) in [4.78, 5) is 27.1. The highest BCUT2D eigenvalue weighted by atomic mass is 79.9. The van der Waals surface area contributed by atoms with E-state index in [1.165, 1.54) is 4.90 Å². The summed E-state index contributed by atoms with van der Waals surface area (Å²) in [6.45, 7) is 2.68. The van der Waals surface area contributed by atoms with Crippen LogP contribution in [0.3, 0.4) is 0 Å². The van der Waals surface area contributed by atoms with Gasteiger partial charge < -0.3 is 9.47 Å². The average Bonchev–Trinajstić information content (AvgIpc) is 3.08. The van der Waals surface area contributed by atoms with Gasteiger partial charge in [-0.2, -0.15) is 0 Å². The van der Waals surface area contributed by atoms with Crippen LogP contribution in [0.5, 0.6) is 11.5 Å². The van der Waals surface area contributed by atoms with Gasteiger partial charge in [0.1, 0.15) is 6.61 Å². The van der Waals surface area contributed by atoms with Crippen LogP contribution in [0.1, 0.15) is 23.6 Å². The fraction of sp³-hybridized carbons (Fsp3) is 0.154. The lowest BCUT2D eigenvalue weighted by molar-refractivity contribution is -0.123. The van der Waals surface area contributed by atoms with Crippen molar-refractivity contribution in [3.05, 3.63) is 95.7 Å². The number of carbonyl (C=O) groups is 2. The number of hydrogen-bond acceptors (Lipinski definition) is 5. The fourth-order valence-electron chi connectivity index (χ4n) is 3.46. The van der Waals surface area contributed by atoms with Gasteiger partial charge in [0.25, 0.3) is 11.1 Å². The number of thioether (sulfide) groups is 1. The van der Waals surface area contributed by atoms with E-state index in [9.17, 15) is 9.59 Å². The third-order valence-electron chi connectivity index (χ3n) is 5.10. The molecule has 1 aliphatic rings. The summed E-state index contributed by atoms with van der Waals surface area (Å²) in [7, 11) is 0. The van der Waals surface area contributed by atoms with E-state index < -0.39 is 0 Å². The monoisotopic (exact) mass is 625 g/mol. The summed E-state index contributed by atoms with van der Waals surface area (Å²) < 4.78 is 12.5. The van der Waals surface area contributed by atoms with Gasteiger partial charge in [0.15, 0.2) is 11.5 Å². The zero-order valence-corrected chi connectivity index (χ0v) is 23.6. The molecule has 0 bridgehead atoms. The second-order valence-corrected chi connectivity index (χ2v) is 10.8. The Morgan fingerprint density at radius 1 is 0.972 bits per heavy atom. The fourth-order valence-corrected chi connectivity index (χ4v) is 5.41. The van der Waals surface area contributed by atoms with E-state index in [0.717, 1.165) is 22.9 Å². The van der Waals surface area contributed by atoms with E-state index >= 15 is 0 Å². The number of rotatable bonds is 8. The molecule has 0 unspecified atom stereocenters. The molecule has 1 fully saturated rings. The minimum Gasteiger partial charge on any atom is -0.490 e. The highest BCUT2D eigenvalue weighted by molar-refractivity contribution is 9.10. The molecule has 0 radical (unpaired) electrons. The van der Waals surface area contributed by atoms with Crippen LogP contribution in [-0.2, 0) is 17.9 Å². The van der Waals surface area contributed by atoms with Crippen molar-refractivity contribution in [2.24, 2.45) is 0 Å². The molecule has 0 aromatic heterocycles. The van der Waals surface area contributed by atoms with Crippen LogP contribution in [0.25, 0.3) is 6.08 Å². The molecule has 10 heteroatoms. The van der Waals surface area contributed by atoms with E-state index in [-0.39, 0.29) is 24.3 Å². The van der Waals surface area contributed by atoms with Crippen LogP contribution in [-0.4, -0.2) is 22.7 Å². The van der Waals surface area contributed by atoms with Crippen molar-refractivity contribution in [3.63, 3.8) is 0 Å². The molecule has 1 saturated heterocycles. The number of amides is 2. The molecule has 36 heavy (non-hydrogen) atoms. The van der Waals surface area contributed by atoms with Crippen LogP contribution in [0.15, 0.2) is 64.0 Å². The molecule has 0 saturated carbocycles. The number of carbonyl (C=O) groups excluding carboxylic acids is 2. The molecule has 0 aliphatic carbocycles. The summed E-state index contributed by atoms with van der Waals surface area (Å²) in [5, 5.41) is 1.13. The second kappa shape index (κ2) is 11.9. The molecule has 3 aromatic carbocycles. The van der Waals surface area contributed by atoms with Crippen molar-refractivity contribution in [2.45, 2.75) is 20.1 Å². The van der Waals surface area contributed by atoms with Crippen molar-refractivity contribution < 1.29 is 19.1 Å². The Kier molecular flexibility index (Phi) is 8.91. The lowest BCUT2D eigenvalue weighted by Crippen LogP contribution is -2.27. The van der Waals surface area contributed by atoms with Gasteiger partial charge in [0, 0.05) is 5.02 Å². The molecular weight excluding hydrogens is 609 g/mol. The number of ether oxygens (including phenoxy) is 2. The van der Waals surface area contributed by atoms with Crippen LogP contribution < -0.4 is 9.47 Å². The van der Waals surface area contributed by atoms with Crippen molar-refractivity contribution in [3.8, 4) is 11.5 Å². The highest BCUT2D eigenvalue weighted by Gasteiger charge is 2.35. The number of benzene rings is 3. The van der Waals surface area contributed by atoms with Crippen molar-refractivity contribution in [1.82, 2.24) is 4.90 Å². The Labute approximate surface area is 236 Å². The molecule has 2 amide bonds. The Morgan fingerprint density at radius 3 is 2.50 bits per heavy atom. The lowest BCUT2D eigenvalue weighted by atomic mass is 10.1. The topological polar surface area (TPSA) is 55.8 Å². The Hall–Kier alpha value is -2.16. The molecule has 0 atom stereocenters. The number of nitrogens with zero attached hydrogens (tertiary/aromatic N) is 1. The third-order valence-corrected chi connectivity index (χ3v) is 7.57. The standard InChI is InChI=1S/C26H19BrCl3NO4S/c1-2-34-22-11-17(9-19(27)24(22)35-14-16-6-7-20(29)21(30)10-16)12-23-25(32)31(26(33)36-23)13-15-4-3-5-18(28)8-15/h3-12H,2,13-14H2,1H3/b23-12-. The minimum absolute atomic E-state index is 0.151. The first-order valence-electron chi connectivity index (χ1n) is 10.8. The van der Waals surface area contributed by atoms with Gasteiger partial charge in [-0.1, -0.05) is 53.0 Å². The van der Waals surface area contributed by atoms with Gasteiger partial charge in [0.2, 0.25) is 0 Å². The maximum absolute atomic E-state index is 13.0. The molecule has 5 nitrogen and oxygen atoms in total. The summed E-state index contributed by atoms with van der Waals surface area (Å²) in [6.07, 6.45) is 1.67. The first kappa shape index (κ1) is 26.9. The smallest absolute Gasteiger partial charge is 0.293 e. The van der Waals surface area contributed by atoms with Gasteiger partial charge in [-0.25, -0.2) is 0 Å². The SMILES string of the molecule is CCOc1cc(/C=C2\SC(=O)N(Cc3cccc(Cl)c3)C2=O)cc(Br)c1OCc1ccc(Cl)c(Cl)c1. The van der Waals surface area contributed by atoms with E-state index in [2.05, 4.69) is 15.9 Å². The van der Waals surface area contributed by atoms with Crippen LogP contribution in [0.4, 0.5) is 4.79 Å². The predicted octanol–water partition coefficient (Wildman–Crippen LogP) is 8.62. The summed E-state index contributed by atoms with van der Waals surface area (Å²) in [5.74, 6) is 0.643. The van der Waals surface area contributed by atoms with E-state index in [4.69, 9.17) is 44.3 Å². The zero-order valence-electron chi connectivity index (χ0n) is 18.9. The zero-order chi connectivity index (χ0) is 25.8. The van der Waals surface area contributed by atoms with Crippen molar-refractivity contribution >= 4 is 79.7 Å². The first-order valence-corrected chi connectivity index (χ1v) is 13.5. The molecule has 1 aliphatic heterocycles. The second-order valence-electron chi connectivity index (χ2n) is 7.70. The van der Waals surface area contributed by atoms with E-state index in [0.29, 0.717) is 48.1 Å². The Bertz CT molecular complexity index is 1370. The Morgan fingerprint density at radius 2 is 1.78 bits per heavy atom. The van der Waals surface area contributed by atoms with E-state index in [1.807, 2.05) is 19.1 Å². The summed E-state index contributed by atoms with van der Waals surface area (Å²) in [5.41, 5.74) is 2.30. The third kappa shape index (κ3) is 6.39. The van der Waals surface area contributed by atoms with Crippen LogP contribution in [0.2, 0.25) is 15.1 Å². The lowest BCUT2D eigenvalue weighted by Gasteiger charge is -2.15. The maximum atomic E-state index is 13.0. The average molecular weight is 628 g/mol. The van der Waals surface area contributed by atoms with E-state index in [1.54, 1.807) is 48.5 Å². The number of halogens is 4. The normalized spacial score (nSPS) is 14.6. The molecule has 186 valence electrons. The minimum atomic E-state index is -0.362. The predicted molar refractivity (Wildman–Crippen MR) is 149 cm³/mol. The van der Waals surface area contributed by atoms with Gasteiger partial charge in [-0.05, 0) is 93.8 Å². The molecule has 1 heterocycles. The van der Waals surface area contributed by atoms with Gasteiger partial charge in [0.05, 0.1) is 32.6 Å². The quantitative estimate of drug-likeness (QED) is 0.234. The molecular formula is C26H19BrCl3NO4S. The van der Waals surface area contributed by atoms with Crippen LogP contribution >= 0.6 is 62.5 Å². The largest absolute Gasteiger partial charge is 0.490 e. The number of imide groups is 1. The maximum Gasteiger partial charge on any atom is 0.293 e. The van der Waals surface area contributed by atoms with Crippen molar-refractivity contribution in [1.29, 1.82) is 0 Å². The number of hydrogen-bond donors (Lipinski definition) is 0. The van der Waals surface area contributed by atoms with Crippen molar-refractivity contribution in [2.75, 3.05) is 6.61 Å². The van der Waals surface area contributed by atoms with Gasteiger partial charge in [-0.3, -0.25) is 14.5 Å². The summed E-state index contributed by atoms with van der Waals surface area (Å²) in [6, 6.07) is 15.9. The molecule has 4 rings (SSSR count). The molecule has 0 spiro atoms. The molecule has 0 N–H and O–H groups in total. The summed E-state index contributed by atoms with van der Waals surface area (Å²) >= 11 is 22.6. The molecule has 3 aromatic rings. The van der Waals surface area contributed by atoms with Gasteiger partial charge in [-0.15, -0.1) is 0 Å². The van der Waals surface area contributed by atoms with Gasteiger partial charge >= 0.3 is 0 Å². The Balaban J connectivity index is 1.55. The first-order chi connectivity index (χ1) is 17.2. The van der Waals surface area contributed by atoms with Crippen LogP contribution in [0, 0.1) is 0 Å².